The number of carbonyl (C=O) groups excluding carboxylic acids is 1. The van der Waals surface area contributed by atoms with Gasteiger partial charge in [0.25, 0.3) is 0 Å². The van der Waals surface area contributed by atoms with Gasteiger partial charge in [0.1, 0.15) is 11.8 Å². The molecule has 2 aromatic rings. The Hall–Kier alpha value is -2.28. The van der Waals surface area contributed by atoms with E-state index in [1.807, 2.05) is 28.9 Å². The summed E-state index contributed by atoms with van der Waals surface area (Å²) in [6.07, 6.45) is 5.57. The number of anilines is 1. The van der Waals surface area contributed by atoms with E-state index in [1.165, 1.54) is 0 Å². The van der Waals surface area contributed by atoms with Crippen molar-refractivity contribution in [2.45, 2.75) is 63.6 Å². The van der Waals surface area contributed by atoms with Crippen LogP contribution in [0.25, 0.3) is 0 Å². The molecule has 0 fully saturated rings. The Morgan fingerprint density at radius 3 is 2.79 bits per heavy atom. The van der Waals surface area contributed by atoms with Gasteiger partial charge in [-0.2, -0.15) is 4.98 Å². The van der Waals surface area contributed by atoms with Crippen molar-refractivity contribution >= 4 is 23.5 Å². The van der Waals surface area contributed by atoms with Crippen molar-refractivity contribution in [3.05, 3.63) is 41.1 Å². The molecule has 1 N–H and O–H groups in total. The van der Waals surface area contributed by atoms with Crippen LogP contribution in [-0.4, -0.2) is 32.9 Å². The highest BCUT2D eigenvalue weighted by molar-refractivity contribution is 7.99. The third-order valence-electron chi connectivity index (χ3n) is 5.25. The molecule has 0 radical (unpaired) electrons. The van der Waals surface area contributed by atoms with Crippen LogP contribution in [0.15, 0.2) is 40.7 Å². The van der Waals surface area contributed by atoms with Crippen molar-refractivity contribution in [2.75, 3.05) is 17.7 Å². The van der Waals surface area contributed by atoms with E-state index in [2.05, 4.69) is 24.1 Å². The van der Waals surface area contributed by atoms with E-state index >= 15 is 0 Å². The van der Waals surface area contributed by atoms with Gasteiger partial charge in [0.2, 0.25) is 11.1 Å². The SMILES string of the molecule is CCCCOc1ccc(C2C3=C(CCCC3=O)Nc3nc(SCCC)nn32)cc1. The molecule has 1 atom stereocenters. The van der Waals surface area contributed by atoms with Crippen LogP contribution >= 0.6 is 11.8 Å². The number of nitrogens with one attached hydrogen (secondary N) is 1. The fourth-order valence-corrected chi connectivity index (χ4v) is 4.46. The van der Waals surface area contributed by atoms with Gasteiger partial charge in [0, 0.05) is 23.4 Å². The second-order valence-electron chi connectivity index (χ2n) is 7.48. The number of allylic oxidation sites excluding steroid dienone is 2. The van der Waals surface area contributed by atoms with Crippen molar-refractivity contribution < 1.29 is 9.53 Å². The normalized spacial score (nSPS) is 18.3. The molecular formula is C22H28N4O2S. The molecule has 1 aromatic carbocycles. The Labute approximate surface area is 176 Å². The van der Waals surface area contributed by atoms with E-state index in [-0.39, 0.29) is 11.8 Å². The van der Waals surface area contributed by atoms with Crippen LogP contribution in [0.2, 0.25) is 0 Å². The summed E-state index contributed by atoms with van der Waals surface area (Å²) in [6.45, 7) is 5.02. The van der Waals surface area contributed by atoms with Crippen LogP contribution in [0.1, 0.15) is 64.0 Å². The summed E-state index contributed by atoms with van der Waals surface area (Å²) < 4.78 is 7.69. The molecular weight excluding hydrogens is 384 g/mol. The number of ether oxygens (including phenoxy) is 1. The lowest BCUT2D eigenvalue weighted by Crippen LogP contribution is -2.31. The number of fused-ring (bicyclic) bond motifs is 1. The van der Waals surface area contributed by atoms with Gasteiger partial charge in [-0.05, 0) is 43.4 Å². The summed E-state index contributed by atoms with van der Waals surface area (Å²) in [4.78, 5) is 17.5. The Balaban J connectivity index is 1.68. The van der Waals surface area contributed by atoms with Crippen molar-refractivity contribution in [1.29, 1.82) is 0 Å². The maximum atomic E-state index is 12.9. The average Bonchev–Trinajstić information content (AvgIpc) is 3.14. The second kappa shape index (κ2) is 9.03. The average molecular weight is 413 g/mol. The van der Waals surface area contributed by atoms with Gasteiger partial charge in [0.15, 0.2) is 5.78 Å². The van der Waals surface area contributed by atoms with Crippen LogP contribution in [0.5, 0.6) is 5.75 Å². The predicted octanol–water partition coefficient (Wildman–Crippen LogP) is 4.98. The van der Waals surface area contributed by atoms with Gasteiger partial charge in [-0.3, -0.25) is 4.79 Å². The third kappa shape index (κ3) is 4.20. The number of nitrogens with zero attached hydrogens (tertiary/aromatic N) is 3. The number of thioether (sulfide) groups is 1. The van der Waals surface area contributed by atoms with E-state index in [9.17, 15) is 4.79 Å². The first-order chi connectivity index (χ1) is 14.2. The molecule has 0 saturated heterocycles. The van der Waals surface area contributed by atoms with Crippen molar-refractivity contribution in [3.63, 3.8) is 0 Å². The number of ketones is 1. The molecule has 29 heavy (non-hydrogen) atoms. The summed E-state index contributed by atoms with van der Waals surface area (Å²) in [5, 5.41) is 8.88. The number of Topliss-reactive ketones (excluding diaryl/α,β-unsaturated/α-hetero) is 1. The highest BCUT2D eigenvalue weighted by Gasteiger charge is 2.36. The molecule has 1 aromatic heterocycles. The maximum absolute atomic E-state index is 12.9. The topological polar surface area (TPSA) is 69.0 Å². The number of hydrogen-bond acceptors (Lipinski definition) is 6. The summed E-state index contributed by atoms with van der Waals surface area (Å²) in [6, 6.07) is 7.85. The lowest BCUT2D eigenvalue weighted by Gasteiger charge is -2.32. The van der Waals surface area contributed by atoms with Gasteiger partial charge in [-0.1, -0.05) is 44.2 Å². The van der Waals surface area contributed by atoms with Gasteiger partial charge < -0.3 is 10.1 Å². The molecule has 0 saturated carbocycles. The minimum absolute atomic E-state index is 0.205. The highest BCUT2D eigenvalue weighted by atomic mass is 32.2. The molecule has 7 heteroatoms. The molecule has 4 rings (SSSR count). The Morgan fingerprint density at radius 2 is 2.03 bits per heavy atom. The van der Waals surface area contributed by atoms with Gasteiger partial charge in [0.05, 0.1) is 6.61 Å². The molecule has 0 amide bonds. The number of carbonyl (C=O) groups is 1. The van der Waals surface area contributed by atoms with E-state index in [4.69, 9.17) is 9.84 Å². The first kappa shape index (κ1) is 20.0. The summed E-state index contributed by atoms with van der Waals surface area (Å²) >= 11 is 1.65. The summed E-state index contributed by atoms with van der Waals surface area (Å²) in [5.41, 5.74) is 2.87. The zero-order valence-corrected chi connectivity index (χ0v) is 17.9. The second-order valence-corrected chi connectivity index (χ2v) is 8.54. The van der Waals surface area contributed by atoms with E-state index in [1.54, 1.807) is 11.8 Å². The number of rotatable bonds is 8. The summed E-state index contributed by atoms with van der Waals surface area (Å²) in [7, 11) is 0. The van der Waals surface area contributed by atoms with Crippen LogP contribution in [0.4, 0.5) is 5.95 Å². The first-order valence-electron chi connectivity index (χ1n) is 10.6. The standard InChI is InChI=1S/C22H28N4O2S/c1-3-5-13-28-16-11-9-15(10-12-16)20-19-17(7-6-8-18(19)27)23-21-24-22(25-26(20)21)29-14-4-2/h9-12,20H,3-8,13-14H2,1-2H3,(H,23,24,25). The molecule has 1 aliphatic carbocycles. The maximum Gasteiger partial charge on any atom is 0.227 e. The quantitative estimate of drug-likeness (QED) is 0.487. The minimum atomic E-state index is -0.234. The number of aromatic nitrogens is 3. The minimum Gasteiger partial charge on any atom is -0.494 e. The molecule has 1 unspecified atom stereocenters. The van der Waals surface area contributed by atoms with E-state index in [0.29, 0.717) is 6.42 Å². The number of unbranched alkanes of at least 4 members (excludes halogenated alkanes) is 1. The number of benzene rings is 1. The van der Waals surface area contributed by atoms with Crippen LogP contribution in [-0.2, 0) is 4.79 Å². The van der Waals surface area contributed by atoms with Gasteiger partial charge >= 0.3 is 0 Å². The number of hydrogen-bond donors (Lipinski definition) is 1. The molecule has 154 valence electrons. The largest absolute Gasteiger partial charge is 0.494 e. The van der Waals surface area contributed by atoms with Crippen LogP contribution < -0.4 is 10.1 Å². The molecule has 2 aliphatic rings. The molecule has 2 heterocycles. The molecule has 1 aliphatic heterocycles. The lowest BCUT2D eigenvalue weighted by atomic mass is 9.85. The van der Waals surface area contributed by atoms with Crippen LogP contribution in [0, 0.1) is 0 Å². The zero-order chi connectivity index (χ0) is 20.2. The highest BCUT2D eigenvalue weighted by Crippen LogP contribution is 2.40. The van der Waals surface area contributed by atoms with Gasteiger partial charge in [-0.15, -0.1) is 5.10 Å². The zero-order valence-electron chi connectivity index (χ0n) is 17.1. The summed E-state index contributed by atoms with van der Waals surface area (Å²) in [5.74, 6) is 2.77. The van der Waals surface area contributed by atoms with Gasteiger partial charge in [-0.25, -0.2) is 4.68 Å². The molecule has 6 nitrogen and oxygen atoms in total. The fourth-order valence-electron chi connectivity index (χ4n) is 3.78. The smallest absolute Gasteiger partial charge is 0.227 e. The molecule has 0 spiro atoms. The monoisotopic (exact) mass is 412 g/mol. The predicted molar refractivity (Wildman–Crippen MR) is 116 cm³/mol. The lowest BCUT2D eigenvalue weighted by molar-refractivity contribution is -0.116. The van der Waals surface area contributed by atoms with Crippen LogP contribution in [0.3, 0.4) is 0 Å². The Bertz CT molecular complexity index is 904. The fraction of sp³-hybridized carbons (Fsp3) is 0.500. The van der Waals surface area contributed by atoms with Crippen molar-refractivity contribution in [1.82, 2.24) is 14.8 Å². The third-order valence-corrected chi connectivity index (χ3v) is 6.29. The van der Waals surface area contributed by atoms with Crippen molar-refractivity contribution in [3.8, 4) is 5.75 Å². The Morgan fingerprint density at radius 1 is 1.21 bits per heavy atom. The van der Waals surface area contributed by atoms with E-state index in [0.717, 1.165) is 78.2 Å². The Kier molecular flexibility index (Phi) is 6.23. The van der Waals surface area contributed by atoms with E-state index < -0.39 is 0 Å². The van der Waals surface area contributed by atoms with Crippen molar-refractivity contribution in [2.24, 2.45) is 0 Å². The molecule has 0 bridgehead atoms. The first-order valence-corrected chi connectivity index (χ1v) is 11.5.